The Bertz CT molecular complexity index is 670. The van der Waals surface area contributed by atoms with Gasteiger partial charge >= 0.3 is 0 Å². The van der Waals surface area contributed by atoms with E-state index in [9.17, 15) is 4.39 Å². The predicted molar refractivity (Wildman–Crippen MR) is 110 cm³/mol. The van der Waals surface area contributed by atoms with Crippen LogP contribution in [0.15, 0.2) is 29.3 Å². The van der Waals surface area contributed by atoms with Crippen molar-refractivity contribution >= 4 is 41.3 Å². The van der Waals surface area contributed by atoms with E-state index in [-0.39, 0.29) is 29.8 Å². The summed E-state index contributed by atoms with van der Waals surface area (Å²) >= 11 is 1.75. The van der Waals surface area contributed by atoms with Crippen LogP contribution in [-0.2, 0) is 13.0 Å². The standard InChI is InChI=1S/C17H23FN4S.HI/c1-12-16(23-13(2)21-12)9-10-20-17(19-3)22(4)11-14-5-7-15(18)8-6-14;/h5-8H,9-11H2,1-4H3,(H,19,20);1H. The summed E-state index contributed by atoms with van der Waals surface area (Å²) in [6.45, 7) is 5.57. The van der Waals surface area contributed by atoms with Gasteiger partial charge in [-0.2, -0.15) is 0 Å². The van der Waals surface area contributed by atoms with Crippen LogP contribution in [0.1, 0.15) is 21.1 Å². The Hall–Kier alpha value is -1.22. The van der Waals surface area contributed by atoms with E-state index < -0.39 is 0 Å². The fourth-order valence-electron chi connectivity index (χ4n) is 2.42. The van der Waals surface area contributed by atoms with Gasteiger partial charge in [-0.15, -0.1) is 35.3 Å². The largest absolute Gasteiger partial charge is 0.356 e. The summed E-state index contributed by atoms with van der Waals surface area (Å²) in [5, 5.41) is 4.47. The molecule has 4 nitrogen and oxygen atoms in total. The van der Waals surface area contributed by atoms with E-state index >= 15 is 0 Å². The summed E-state index contributed by atoms with van der Waals surface area (Å²) in [4.78, 5) is 12.1. The molecule has 1 aromatic heterocycles. The van der Waals surface area contributed by atoms with Crippen LogP contribution in [0.4, 0.5) is 4.39 Å². The minimum atomic E-state index is -0.214. The minimum absolute atomic E-state index is 0. The predicted octanol–water partition coefficient (Wildman–Crippen LogP) is 3.77. The van der Waals surface area contributed by atoms with E-state index in [1.165, 1.54) is 17.0 Å². The van der Waals surface area contributed by atoms with Crippen LogP contribution in [0.25, 0.3) is 0 Å². The number of hydrogen-bond acceptors (Lipinski definition) is 3. The number of nitrogens with one attached hydrogen (secondary N) is 1. The summed E-state index contributed by atoms with van der Waals surface area (Å²) in [5.41, 5.74) is 2.16. The smallest absolute Gasteiger partial charge is 0.193 e. The van der Waals surface area contributed by atoms with Crippen molar-refractivity contribution < 1.29 is 4.39 Å². The molecule has 1 N–H and O–H groups in total. The molecule has 0 bridgehead atoms. The molecule has 1 aromatic carbocycles. The van der Waals surface area contributed by atoms with Gasteiger partial charge in [0.05, 0.1) is 10.7 Å². The lowest BCUT2D eigenvalue weighted by atomic mass is 10.2. The second kappa shape index (κ2) is 9.93. The summed E-state index contributed by atoms with van der Waals surface area (Å²) in [6.07, 6.45) is 0.931. The van der Waals surface area contributed by atoms with Crippen LogP contribution in [0.5, 0.6) is 0 Å². The van der Waals surface area contributed by atoms with Gasteiger partial charge in [0, 0.05) is 38.5 Å². The molecule has 0 fully saturated rings. The van der Waals surface area contributed by atoms with Crippen LogP contribution < -0.4 is 5.32 Å². The molecular weight excluding hydrogens is 438 g/mol. The third-order valence-electron chi connectivity index (χ3n) is 3.54. The number of aliphatic imine (C=N–C) groups is 1. The van der Waals surface area contributed by atoms with Crippen molar-refractivity contribution in [2.24, 2.45) is 4.99 Å². The highest BCUT2D eigenvalue weighted by molar-refractivity contribution is 14.0. The number of hydrogen-bond donors (Lipinski definition) is 1. The molecule has 0 aliphatic carbocycles. The van der Waals surface area contributed by atoms with E-state index in [2.05, 4.69) is 15.3 Å². The van der Waals surface area contributed by atoms with Gasteiger partial charge in [-0.3, -0.25) is 4.99 Å². The van der Waals surface area contributed by atoms with Crippen molar-refractivity contribution in [2.45, 2.75) is 26.8 Å². The zero-order valence-electron chi connectivity index (χ0n) is 14.5. The fraction of sp³-hybridized carbons (Fsp3) is 0.412. The van der Waals surface area contributed by atoms with Gasteiger partial charge < -0.3 is 10.2 Å². The molecule has 132 valence electrons. The minimum Gasteiger partial charge on any atom is -0.356 e. The second-order valence-electron chi connectivity index (χ2n) is 5.45. The third-order valence-corrected chi connectivity index (χ3v) is 4.67. The van der Waals surface area contributed by atoms with E-state index in [4.69, 9.17) is 0 Å². The van der Waals surface area contributed by atoms with Crippen molar-refractivity contribution in [3.05, 3.63) is 51.2 Å². The Morgan fingerprint density at radius 2 is 1.96 bits per heavy atom. The molecule has 7 heteroatoms. The molecule has 0 saturated heterocycles. The molecule has 0 saturated carbocycles. The van der Waals surface area contributed by atoms with Crippen molar-refractivity contribution in [1.82, 2.24) is 15.2 Å². The third kappa shape index (κ3) is 6.01. The van der Waals surface area contributed by atoms with E-state index in [1.807, 2.05) is 25.8 Å². The SMILES string of the molecule is CN=C(NCCc1sc(C)nc1C)N(C)Cc1ccc(F)cc1.I. The maximum absolute atomic E-state index is 13.0. The van der Waals surface area contributed by atoms with Gasteiger partial charge in [-0.1, -0.05) is 12.1 Å². The first-order chi connectivity index (χ1) is 11.0. The first-order valence-electron chi connectivity index (χ1n) is 7.58. The quantitative estimate of drug-likeness (QED) is 0.418. The first kappa shape index (κ1) is 20.8. The Morgan fingerprint density at radius 3 is 2.50 bits per heavy atom. The van der Waals surface area contributed by atoms with Gasteiger partial charge in [-0.25, -0.2) is 9.37 Å². The van der Waals surface area contributed by atoms with Gasteiger partial charge in [0.15, 0.2) is 5.96 Å². The number of aryl methyl sites for hydroxylation is 2. The van der Waals surface area contributed by atoms with E-state index in [1.54, 1.807) is 30.5 Å². The van der Waals surface area contributed by atoms with Crippen LogP contribution in [0.3, 0.4) is 0 Å². The van der Waals surface area contributed by atoms with Crippen LogP contribution in [0.2, 0.25) is 0 Å². The highest BCUT2D eigenvalue weighted by Gasteiger charge is 2.08. The zero-order chi connectivity index (χ0) is 16.8. The Labute approximate surface area is 164 Å². The average Bonchev–Trinajstić information content (AvgIpc) is 2.84. The normalized spacial score (nSPS) is 11.1. The number of rotatable bonds is 5. The molecular formula is C17H24FIN4S. The molecule has 2 rings (SSSR count). The lowest BCUT2D eigenvalue weighted by Gasteiger charge is -2.22. The van der Waals surface area contributed by atoms with Crippen LogP contribution in [-0.4, -0.2) is 36.5 Å². The molecule has 1 heterocycles. The second-order valence-corrected chi connectivity index (χ2v) is 6.74. The highest BCUT2D eigenvalue weighted by Crippen LogP contribution is 2.17. The van der Waals surface area contributed by atoms with Crippen LogP contribution >= 0.6 is 35.3 Å². The summed E-state index contributed by atoms with van der Waals surface area (Å²) in [5.74, 6) is 0.613. The van der Waals surface area contributed by atoms with Gasteiger partial charge in [0.2, 0.25) is 0 Å². The summed E-state index contributed by atoms with van der Waals surface area (Å²) in [6, 6.07) is 6.55. The van der Waals surface area contributed by atoms with Crippen molar-refractivity contribution in [3.8, 4) is 0 Å². The molecule has 0 unspecified atom stereocenters. The van der Waals surface area contributed by atoms with Crippen molar-refractivity contribution in [1.29, 1.82) is 0 Å². The molecule has 0 amide bonds. The fourth-order valence-corrected chi connectivity index (χ4v) is 3.35. The van der Waals surface area contributed by atoms with Gasteiger partial charge in [0.1, 0.15) is 5.82 Å². The summed E-state index contributed by atoms with van der Waals surface area (Å²) < 4.78 is 13.0. The summed E-state index contributed by atoms with van der Waals surface area (Å²) in [7, 11) is 3.74. The molecule has 0 aliphatic rings. The van der Waals surface area contributed by atoms with Crippen molar-refractivity contribution in [3.63, 3.8) is 0 Å². The highest BCUT2D eigenvalue weighted by atomic mass is 127. The van der Waals surface area contributed by atoms with E-state index in [0.717, 1.165) is 35.2 Å². The Balaban J connectivity index is 0.00000288. The zero-order valence-corrected chi connectivity index (χ0v) is 17.6. The molecule has 0 radical (unpaired) electrons. The molecule has 0 atom stereocenters. The lowest BCUT2D eigenvalue weighted by molar-refractivity contribution is 0.476. The molecule has 0 spiro atoms. The topological polar surface area (TPSA) is 40.5 Å². The van der Waals surface area contributed by atoms with Crippen LogP contribution in [0, 0.1) is 19.7 Å². The maximum Gasteiger partial charge on any atom is 0.193 e. The number of nitrogens with zero attached hydrogens (tertiary/aromatic N) is 3. The number of benzene rings is 1. The maximum atomic E-state index is 13.0. The number of halogens is 2. The lowest BCUT2D eigenvalue weighted by Crippen LogP contribution is -2.39. The van der Waals surface area contributed by atoms with Gasteiger partial charge in [-0.05, 0) is 31.5 Å². The van der Waals surface area contributed by atoms with Gasteiger partial charge in [0.25, 0.3) is 0 Å². The monoisotopic (exact) mass is 462 g/mol. The number of thiazole rings is 1. The molecule has 0 aliphatic heterocycles. The Kier molecular flexibility index (Phi) is 8.61. The molecule has 24 heavy (non-hydrogen) atoms. The molecule has 2 aromatic rings. The number of guanidine groups is 1. The Morgan fingerprint density at radius 1 is 1.29 bits per heavy atom. The average molecular weight is 462 g/mol. The first-order valence-corrected chi connectivity index (χ1v) is 8.40. The van der Waals surface area contributed by atoms with Crippen molar-refractivity contribution in [2.75, 3.05) is 20.6 Å². The number of aromatic nitrogens is 1. The van der Waals surface area contributed by atoms with E-state index in [0.29, 0.717) is 6.54 Å².